The number of hydrogen-bond acceptors (Lipinski definition) is 9. The maximum absolute atomic E-state index is 12.3. The Morgan fingerprint density at radius 3 is 2.43 bits per heavy atom. The SMILES string of the molecule is CC1(C)O[C@H]2O[C@H](CNC(=O)c3ccc([NH+]([O-])O)o3)[C@H]3OC(C)(C)O[C@H]3[C@H]2O1. The molecule has 1 amide bonds. The van der Waals surface area contributed by atoms with Crippen molar-refractivity contribution in [3.8, 4) is 0 Å². The standard InChI is InChI=1S/C17H24N2O9/c1-16(2)25-11-9(7-18-14(20)8-5-6-10(23-8)19(21)22)24-15-13(12(11)26-16)27-17(3,4)28-15/h5-6,9,11-13,15,19,21H,7H2,1-4H3,(H,18,20)/t9-,11-,12-,13-,15-/m1/s1. The molecule has 156 valence electrons. The number of rotatable bonds is 4. The summed E-state index contributed by atoms with van der Waals surface area (Å²) in [5, 5.41) is 21.2. The normalized spacial score (nSPS) is 36.6. The molecule has 3 N–H and O–H groups in total. The third-order valence-corrected chi connectivity index (χ3v) is 4.76. The van der Waals surface area contributed by atoms with E-state index in [9.17, 15) is 10.0 Å². The van der Waals surface area contributed by atoms with Gasteiger partial charge in [0.05, 0.1) is 0 Å². The first-order valence-corrected chi connectivity index (χ1v) is 9.03. The number of carbonyl (C=O) groups is 1. The zero-order valence-electron chi connectivity index (χ0n) is 16.0. The molecule has 3 fully saturated rings. The highest BCUT2D eigenvalue weighted by atomic mass is 16.9. The largest absolute Gasteiger partial charge is 0.592 e. The molecule has 11 heteroatoms. The van der Waals surface area contributed by atoms with E-state index in [4.69, 9.17) is 33.3 Å². The fraction of sp³-hybridized carbons (Fsp3) is 0.706. The Hall–Kier alpha value is -1.57. The van der Waals surface area contributed by atoms with Gasteiger partial charge in [-0.05, 0) is 33.8 Å². The van der Waals surface area contributed by atoms with Crippen LogP contribution in [-0.4, -0.2) is 59.9 Å². The highest BCUT2D eigenvalue weighted by Crippen LogP contribution is 2.43. The van der Waals surface area contributed by atoms with E-state index in [1.807, 2.05) is 0 Å². The maximum atomic E-state index is 12.3. The van der Waals surface area contributed by atoms with E-state index in [2.05, 4.69) is 5.32 Å². The van der Waals surface area contributed by atoms with Crippen molar-refractivity contribution >= 4 is 11.8 Å². The van der Waals surface area contributed by atoms with Gasteiger partial charge in [0.15, 0.2) is 23.6 Å². The van der Waals surface area contributed by atoms with Crippen LogP contribution in [0.25, 0.3) is 0 Å². The molecule has 0 spiro atoms. The molecule has 3 saturated heterocycles. The fourth-order valence-corrected chi connectivity index (χ4v) is 3.71. The average molecular weight is 400 g/mol. The molecule has 1 aromatic heterocycles. The summed E-state index contributed by atoms with van der Waals surface area (Å²) in [7, 11) is 0. The minimum atomic E-state index is -1.25. The molecule has 4 heterocycles. The number of amides is 1. The van der Waals surface area contributed by atoms with Gasteiger partial charge in [-0.25, -0.2) is 5.21 Å². The van der Waals surface area contributed by atoms with Crippen LogP contribution in [0.2, 0.25) is 0 Å². The maximum Gasteiger partial charge on any atom is 0.329 e. The summed E-state index contributed by atoms with van der Waals surface area (Å²) in [6.07, 6.45) is -2.54. The Labute approximate surface area is 160 Å². The van der Waals surface area contributed by atoms with Crippen molar-refractivity contribution in [3.63, 3.8) is 0 Å². The molecular weight excluding hydrogens is 376 g/mol. The van der Waals surface area contributed by atoms with Crippen molar-refractivity contribution in [1.82, 2.24) is 5.32 Å². The van der Waals surface area contributed by atoms with Crippen molar-refractivity contribution in [2.45, 2.75) is 70.0 Å². The predicted molar refractivity (Wildman–Crippen MR) is 89.3 cm³/mol. The van der Waals surface area contributed by atoms with E-state index >= 15 is 0 Å². The monoisotopic (exact) mass is 400 g/mol. The summed E-state index contributed by atoms with van der Waals surface area (Å²) < 4.78 is 34.7. The number of carbonyl (C=O) groups excluding carboxylic acids is 1. The second-order valence-corrected chi connectivity index (χ2v) is 7.89. The van der Waals surface area contributed by atoms with Gasteiger partial charge in [0, 0.05) is 12.6 Å². The Bertz CT molecular complexity index is 747. The van der Waals surface area contributed by atoms with Gasteiger partial charge in [-0.1, -0.05) is 0 Å². The van der Waals surface area contributed by atoms with Crippen molar-refractivity contribution in [2.75, 3.05) is 6.54 Å². The lowest BCUT2D eigenvalue weighted by molar-refractivity contribution is -0.997. The number of fused-ring (bicyclic) bond motifs is 3. The Kier molecular flexibility index (Phi) is 4.75. The Morgan fingerprint density at radius 2 is 1.75 bits per heavy atom. The van der Waals surface area contributed by atoms with E-state index in [1.54, 1.807) is 27.7 Å². The number of hydrogen-bond donors (Lipinski definition) is 3. The average Bonchev–Trinajstić information content (AvgIpc) is 3.25. The Morgan fingerprint density at radius 1 is 1.11 bits per heavy atom. The fourth-order valence-electron chi connectivity index (χ4n) is 3.71. The van der Waals surface area contributed by atoms with Gasteiger partial charge < -0.3 is 38.6 Å². The van der Waals surface area contributed by atoms with Crippen LogP contribution in [0.4, 0.5) is 5.88 Å². The van der Waals surface area contributed by atoms with Crippen LogP contribution in [-0.2, 0) is 23.7 Å². The van der Waals surface area contributed by atoms with Gasteiger partial charge in [-0.2, -0.15) is 5.23 Å². The number of furan rings is 1. The lowest BCUT2D eigenvalue weighted by atomic mass is 9.99. The lowest BCUT2D eigenvalue weighted by Gasteiger charge is -2.37. The van der Waals surface area contributed by atoms with Crippen LogP contribution in [0, 0.1) is 5.21 Å². The zero-order chi connectivity index (χ0) is 20.3. The van der Waals surface area contributed by atoms with Crippen molar-refractivity contribution < 1.29 is 43.3 Å². The quantitative estimate of drug-likeness (QED) is 0.587. The second-order valence-electron chi connectivity index (χ2n) is 7.89. The van der Waals surface area contributed by atoms with E-state index in [1.165, 1.54) is 12.1 Å². The summed E-state index contributed by atoms with van der Waals surface area (Å²) >= 11 is 0. The third kappa shape index (κ3) is 3.67. The van der Waals surface area contributed by atoms with Crippen LogP contribution in [0.1, 0.15) is 38.2 Å². The van der Waals surface area contributed by atoms with Gasteiger partial charge >= 0.3 is 5.88 Å². The molecule has 0 saturated carbocycles. The lowest BCUT2D eigenvalue weighted by Crippen LogP contribution is -2.99. The van der Waals surface area contributed by atoms with Crippen LogP contribution in [0.5, 0.6) is 0 Å². The molecule has 0 bridgehead atoms. The highest BCUT2D eigenvalue weighted by molar-refractivity contribution is 5.91. The van der Waals surface area contributed by atoms with Crippen LogP contribution >= 0.6 is 0 Å². The van der Waals surface area contributed by atoms with Crippen molar-refractivity contribution in [3.05, 3.63) is 23.1 Å². The molecule has 1 unspecified atom stereocenters. The van der Waals surface area contributed by atoms with Gasteiger partial charge in [-0.15, -0.1) is 0 Å². The smallest absolute Gasteiger partial charge is 0.329 e. The molecular formula is C17H24N2O9. The minimum Gasteiger partial charge on any atom is -0.592 e. The van der Waals surface area contributed by atoms with Gasteiger partial charge in [0.25, 0.3) is 5.91 Å². The van der Waals surface area contributed by atoms with E-state index < -0.39 is 53.4 Å². The molecule has 0 aromatic carbocycles. The van der Waals surface area contributed by atoms with Gasteiger partial charge in [-0.3, -0.25) is 4.79 Å². The van der Waals surface area contributed by atoms with Crippen molar-refractivity contribution in [2.24, 2.45) is 0 Å². The van der Waals surface area contributed by atoms with Crippen LogP contribution in [0.15, 0.2) is 16.5 Å². The summed E-state index contributed by atoms with van der Waals surface area (Å²) in [6, 6.07) is 2.52. The highest BCUT2D eigenvalue weighted by Gasteiger charge is 2.60. The predicted octanol–water partition coefficient (Wildman–Crippen LogP) is -0.191. The first-order valence-electron chi connectivity index (χ1n) is 9.03. The zero-order valence-corrected chi connectivity index (χ0v) is 16.0. The van der Waals surface area contributed by atoms with Gasteiger partial charge in [0.2, 0.25) is 0 Å². The first kappa shape index (κ1) is 19.7. The number of nitrogens with one attached hydrogen (secondary N) is 2. The Balaban J connectivity index is 1.45. The second kappa shape index (κ2) is 6.75. The molecule has 4 rings (SSSR count). The molecule has 3 aliphatic rings. The summed E-state index contributed by atoms with van der Waals surface area (Å²) in [4.78, 5) is 12.3. The molecule has 3 aliphatic heterocycles. The molecule has 0 radical (unpaired) electrons. The minimum absolute atomic E-state index is 0.0928. The third-order valence-electron chi connectivity index (χ3n) is 4.76. The molecule has 6 atom stereocenters. The summed E-state index contributed by atoms with van der Waals surface area (Å²) in [5.74, 6) is -2.63. The van der Waals surface area contributed by atoms with Crippen molar-refractivity contribution in [1.29, 1.82) is 0 Å². The molecule has 1 aromatic rings. The summed E-state index contributed by atoms with van der Waals surface area (Å²) in [6.45, 7) is 7.27. The number of ether oxygens (including phenoxy) is 5. The van der Waals surface area contributed by atoms with E-state index in [0.29, 0.717) is 0 Å². The van der Waals surface area contributed by atoms with E-state index in [-0.39, 0.29) is 18.2 Å². The number of quaternary nitrogens is 1. The van der Waals surface area contributed by atoms with Crippen LogP contribution < -0.4 is 10.5 Å². The summed E-state index contributed by atoms with van der Waals surface area (Å²) in [5.41, 5.74) is 0. The molecule has 0 aliphatic carbocycles. The topological polar surface area (TPSA) is 136 Å². The molecule has 11 nitrogen and oxygen atoms in total. The first-order chi connectivity index (χ1) is 13.0. The van der Waals surface area contributed by atoms with Gasteiger partial charge in [0.1, 0.15) is 24.4 Å². The van der Waals surface area contributed by atoms with Crippen LogP contribution in [0.3, 0.4) is 0 Å². The molecule has 28 heavy (non-hydrogen) atoms. The van der Waals surface area contributed by atoms with E-state index in [0.717, 1.165) is 0 Å².